The van der Waals surface area contributed by atoms with E-state index in [0.717, 1.165) is 24.3 Å². The fourth-order valence-electron chi connectivity index (χ4n) is 1.67. The van der Waals surface area contributed by atoms with Gasteiger partial charge in [0.05, 0.1) is 12.5 Å². The number of carbonyl (C=O) groups is 1. The summed E-state index contributed by atoms with van der Waals surface area (Å²) in [5, 5.41) is 0.758. The van der Waals surface area contributed by atoms with E-state index in [-0.39, 0.29) is 11.9 Å². The van der Waals surface area contributed by atoms with Gasteiger partial charge in [0.15, 0.2) is 0 Å². The molecule has 0 bridgehead atoms. The van der Waals surface area contributed by atoms with E-state index in [1.54, 1.807) is 0 Å². The lowest BCUT2D eigenvalue weighted by atomic mass is 10.0. The van der Waals surface area contributed by atoms with Crippen LogP contribution in [-0.4, -0.2) is 12.6 Å². The van der Waals surface area contributed by atoms with Gasteiger partial charge in [0, 0.05) is 5.02 Å². The number of hydrogen-bond donors (Lipinski definition) is 0. The lowest BCUT2D eigenvalue weighted by molar-refractivity contribution is -0.147. The molecule has 0 amide bonds. The number of halogens is 1. The second-order valence-electron chi connectivity index (χ2n) is 4.17. The minimum absolute atomic E-state index is 0.0118. The maximum atomic E-state index is 11.4. The van der Waals surface area contributed by atoms with Crippen molar-refractivity contribution in [3.05, 3.63) is 34.9 Å². The Morgan fingerprint density at radius 2 is 2.00 bits per heavy atom. The average Bonchev–Trinajstić information content (AvgIpc) is 2.32. The smallest absolute Gasteiger partial charge is 0.308 e. The summed E-state index contributed by atoms with van der Waals surface area (Å²) in [6.45, 7) is 4.21. The highest BCUT2D eigenvalue weighted by molar-refractivity contribution is 6.30. The Labute approximate surface area is 108 Å². The summed E-state index contributed by atoms with van der Waals surface area (Å²) in [4.78, 5) is 11.4. The second kappa shape index (κ2) is 7.33. The Morgan fingerprint density at radius 3 is 2.59 bits per heavy atom. The van der Waals surface area contributed by atoms with Crippen molar-refractivity contribution in [1.29, 1.82) is 0 Å². The molecule has 17 heavy (non-hydrogen) atoms. The van der Waals surface area contributed by atoms with Crippen LogP contribution in [0, 0.1) is 5.92 Å². The summed E-state index contributed by atoms with van der Waals surface area (Å²) in [6, 6.07) is 7.84. The highest BCUT2D eigenvalue weighted by Gasteiger charge is 2.12. The summed E-state index contributed by atoms with van der Waals surface area (Å²) in [5.74, 6) is -0.106. The Morgan fingerprint density at radius 1 is 1.35 bits per heavy atom. The fraction of sp³-hybridized carbons (Fsp3) is 0.500. The first-order chi connectivity index (χ1) is 8.13. The van der Waals surface area contributed by atoms with Crippen molar-refractivity contribution >= 4 is 17.6 Å². The number of ether oxygens (including phenoxy) is 1. The van der Waals surface area contributed by atoms with E-state index in [9.17, 15) is 4.79 Å². The van der Waals surface area contributed by atoms with Crippen LogP contribution in [0.15, 0.2) is 24.3 Å². The zero-order valence-corrected chi connectivity index (χ0v) is 11.2. The molecular weight excluding hydrogens is 236 g/mol. The average molecular weight is 255 g/mol. The molecule has 0 N–H and O–H groups in total. The van der Waals surface area contributed by atoms with E-state index in [4.69, 9.17) is 16.3 Å². The van der Waals surface area contributed by atoms with E-state index in [1.165, 1.54) is 5.56 Å². The number of aryl methyl sites for hydroxylation is 1. The molecule has 0 aliphatic carbocycles. The highest BCUT2D eigenvalue weighted by Crippen LogP contribution is 2.14. The molecule has 0 aliphatic heterocycles. The molecule has 0 saturated carbocycles. The quantitative estimate of drug-likeness (QED) is 0.721. The molecule has 1 aromatic rings. The van der Waals surface area contributed by atoms with Crippen molar-refractivity contribution in [2.24, 2.45) is 5.92 Å². The van der Waals surface area contributed by atoms with E-state index < -0.39 is 0 Å². The Bertz CT molecular complexity index is 346. The zero-order chi connectivity index (χ0) is 12.7. The fourth-order valence-corrected chi connectivity index (χ4v) is 1.79. The summed E-state index contributed by atoms with van der Waals surface area (Å²) in [7, 11) is 0. The minimum Gasteiger partial charge on any atom is -0.466 e. The van der Waals surface area contributed by atoms with Gasteiger partial charge in [0.1, 0.15) is 0 Å². The largest absolute Gasteiger partial charge is 0.466 e. The van der Waals surface area contributed by atoms with E-state index >= 15 is 0 Å². The summed E-state index contributed by atoms with van der Waals surface area (Å²) >= 11 is 5.81. The maximum Gasteiger partial charge on any atom is 0.308 e. The van der Waals surface area contributed by atoms with Crippen molar-refractivity contribution in [2.75, 3.05) is 6.61 Å². The third kappa shape index (κ3) is 5.22. The number of hydrogen-bond acceptors (Lipinski definition) is 2. The Balaban J connectivity index is 2.27. The molecule has 0 saturated heterocycles. The van der Waals surface area contributed by atoms with Crippen LogP contribution in [-0.2, 0) is 16.0 Å². The Hall–Kier alpha value is -1.02. The molecule has 1 aromatic carbocycles. The molecular formula is C14H19ClO2. The molecule has 1 atom stereocenters. The van der Waals surface area contributed by atoms with Gasteiger partial charge in [-0.15, -0.1) is 0 Å². The minimum atomic E-state index is -0.0939. The topological polar surface area (TPSA) is 26.3 Å². The number of carbonyl (C=O) groups excluding carboxylic acids is 1. The van der Waals surface area contributed by atoms with Crippen molar-refractivity contribution < 1.29 is 9.53 Å². The monoisotopic (exact) mass is 254 g/mol. The lowest BCUT2D eigenvalue weighted by Crippen LogP contribution is -2.14. The molecule has 2 nitrogen and oxygen atoms in total. The molecule has 0 heterocycles. The van der Waals surface area contributed by atoms with Gasteiger partial charge in [-0.2, -0.15) is 0 Å². The first-order valence-electron chi connectivity index (χ1n) is 6.04. The highest BCUT2D eigenvalue weighted by atomic mass is 35.5. The van der Waals surface area contributed by atoms with E-state index in [2.05, 4.69) is 0 Å². The van der Waals surface area contributed by atoms with Gasteiger partial charge >= 0.3 is 5.97 Å². The molecule has 1 rings (SSSR count). The maximum absolute atomic E-state index is 11.4. The van der Waals surface area contributed by atoms with Crippen LogP contribution < -0.4 is 0 Å². The van der Waals surface area contributed by atoms with Gasteiger partial charge in [-0.05, 0) is 43.9 Å². The summed E-state index contributed by atoms with van der Waals surface area (Å²) in [5.41, 5.74) is 1.26. The predicted molar refractivity (Wildman–Crippen MR) is 70.2 cm³/mol. The van der Waals surface area contributed by atoms with E-state index in [1.807, 2.05) is 38.1 Å². The van der Waals surface area contributed by atoms with E-state index in [0.29, 0.717) is 6.61 Å². The van der Waals surface area contributed by atoms with Crippen LogP contribution in [0.5, 0.6) is 0 Å². The molecule has 3 heteroatoms. The molecule has 0 fully saturated rings. The van der Waals surface area contributed by atoms with Gasteiger partial charge < -0.3 is 4.74 Å². The first-order valence-corrected chi connectivity index (χ1v) is 6.42. The summed E-state index contributed by atoms with van der Waals surface area (Å²) < 4.78 is 4.97. The van der Waals surface area contributed by atoms with Crippen LogP contribution in [0.2, 0.25) is 5.02 Å². The standard InChI is InChI=1S/C14H19ClO2/c1-3-17-14(16)11(2)5-4-6-12-7-9-13(15)10-8-12/h7-11H,3-6H2,1-2H3. The third-order valence-electron chi connectivity index (χ3n) is 2.70. The molecule has 0 spiro atoms. The zero-order valence-electron chi connectivity index (χ0n) is 10.4. The van der Waals surface area contributed by atoms with Crippen LogP contribution in [0.25, 0.3) is 0 Å². The van der Waals surface area contributed by atoms with Gasteiger partial charge in [0.2, 0.25) is 0 Å². The van der Waals surface area contributed by atoms with Gasteiger partial charge in [0.25, 0.3) is 0 Å². The summed E-state index contributed by atoms with van der Waals surface area (Å²) in [6.07, 6.45) is 2.82. The molecule has 0 aromatic heterocycles. The molecule has 0 radical (unpaired) electrons. The Kier molecular flexibility index (Phi) is 6.06. The SMILES string of the molecule is CCOC(=O)C(C)CCCc1ccc(Cl)cc1. The molecule has 94 valence electrons. The number of esters is 1. The van der Waals surface area contributed by atoms with Crippen LogP contribution in [0.4, 0.5) is 0 Å². The van der Waals surface area contributed by atoms with Crippen molar-refractivity contribution in [3.8, 4) is 0 Å². The predicted octanol–water partition coefficient (Wildman–Crippen LogP) is 3.86. The molecule has 1 unspecified atom stereocenters. The van der Waals surface area contributed by atoms with Gasteiger partial charge in [-0.25, -0.2) is 0 Å². The first kappa shape index (κ1) is 14.0. The van der Waals surface area contributed by atoms with Gasteiger partial charge in [-0.3, -0.25) is 4.79 Å². The normalized spacial score (nSPS) is 12.2. The van der Waals surface area contributed by atoms with Gasteiger partial charge in [-0.1, -0.05) is 30.7 Å². The third-order valence-corrected chi connectivity index (χ3v) is 2.96. The number of rotatable bonds is 6. The van der Waals surface area contributed by atoms with Crippen molar-refractivity contribution in [1.82, 2.24) is 0 Å². The second-order valence-corrected chi connectivity index (χ2v) is 4.61. The number of benzene rings is 1. The lowest BCUT2D eigenvalue weighted by Gasteiger charge is -2.10. The van der Waals surface area contributed by atoms with Crippen molar-refractivity contribution in [2.45, 2.75) is 33.1 Å². The van der Waals surface area contributed by atoms with Crippen LogP contribution in [0.3, 0.4) is 0 Å². The molecule has 0 aliphatic rings. The van der Waals surface area contributed by atoms with Crippen molar-refractivity contribution in [3.63, 3.8) is 0 Å². The van der Waals surface area contributed by atoms with Crippen LogP contribution in [0.1, 0.15) is 32.3 Å². The van der Waals surface area contributed by atoms with Crippen LogP contribution >= 0.6 is 11.6 Å².